The van der Waals surface area contributed by atoms with E-state index in [4.69, 9.17) is 4.74 Å². The summed E-state index contributed by atoms with van der Waals surface area (Å²) in [6.07, 6.45) is 0. The van der Waals surface area contributed by atoms with Crippen LogP contribution in [0.5, 0.6) is 11.5 Å². The van der Waals surface area contributed by atoms with Crippen LogP contribution in [0.15, 0.2) is 72.8 Å². The number of benzene rings is 3. The van der Waals surface area contributed by atoms with Gasteiger partial charge in [0, 0.05) is 0 Å². The van der Waals surface area contributed by atoms with Crippen molar-refractivity contribution in [3.05, 3.63) is 78.4 Å². The van der Waals surface area contributed by atoms with Gasteiger partial charge in [0.25, 0.3) is 5.91 Å². The van der Waals surface area contributed by atoms with Gasteiger partial charge < -0.3 is 14.8 Å². The minimum absolute atomic E-state index is 0.103. The standard InChI is InChI=1S/C22H19F2NO3/c1-15-6-8-16(9-7-15)17-10-12-18(13-11-17)27-14-21(26)25-19-4-2-3-5-20(19)28-22(23)24/h2-13,22H,14H2,1H3,(H,25,26). The molecular formula is C22H19F2NO3. The van der Waals surface area contributed by atoms with E-state index in [2.05, 4.69) is 10.1 Å². The fourth-order valence-electron chi connectivity index (χ4n) is 2.59. The third kappa shape index (κ3) is 5.30. The molecule has 0 aliphatic heterocycles. The lowest BCUT2D eigenvalue weighted by atomic mass is 10.0. The number of alkyl halides is 2. The van der Waals surface area contributed by atoms with Crippen molar-refractivity contribution in [2.24, 2.45) is 0 Å². The Morgan fingerprint density at radius 1 is 0.929 bits per heavy atom. The van der Waals surface area contributed by atoms with Gasteiger partial charge in [0.2, 0.25) is 0 Å². The maximum Gasteiger partial charge on any atom is 0.387 e. The van der Waals surface area contributed by atoms with Crippen LogP contribution in [0.2, 0.25) is 0 Å². The molecule has 1 N–H and O–H groups in total. The van der Waals surface area contributed by atoms with E-state index in [-0.39, 0.29) is 18.0 Å². The molecule has 28 heavy (non-hydrogen) atoms. The summed E-state index contributed by atoms with van der Waals surface area (Å²) in [5.41, 5.74) is 3.47. The summed E-state index contributed by atoms with van der Waals surface area (Å²) >= 11 is 0. The van der Waals surface area contributed by atoms with Crippen LogP contribution >= 0.6 is 0 Å². The largest absolute Gasteiger partial charge is 0.484 e. The summed E-state index contributed by atoms with van der Waals surface area (Å²) in [5, 5.41) is 2.51. The minimum atomic E-state index is -2.97. The van der Waals surface area contributed by atoms with Crippen molar-refractivity contribution in [3.8, 4) is 22.6 Å². The van der Waals surface area contributed by atoms with Crippen LogP contribution in [0.25, 0.3) is 11.1 Å². The van der Waals surface area contributed by atoms with Crippen molar-refractivity contribution >= 4 is 11.6 Å². The van der Waals surface area contributed by atoms with Gasteiger partial charge in [-0.25, -0.2) is 0 Å². The lowest BCUT2D eigenvalue weighted by molar-refractivity contribution is -0.118. The smallest absolute Gasteiger partial charge is 0.387 e. The van der Waals surface area contributed by atoms with Gasteiger partial charge in [-0.05, 0) is 42.3 Å². The zero-order valence-corrected chi connectivity index (χ0v) is 15.2. The van der Waals surface area contributed by atoms with Crippen LogP contribution in [-0.4, -0.2) is 19.1 Å². The van der Waals surface area contributed by atoms with Gasteiger partial charge >= 0.3 is 6.61 Å². The van der Waals surface area contributed by atoms with Crippen molar-refractivity contribution < 1.29 is 23.0 Å². The van der Waals surface area contributed by atoms with E-state index in [1.165, 1.54) is 17.7 Å². The molecule has 0 fully saturated rings. The van der Waals surface area contributed by atoms with Crippen molar-refractivity contribution in [1.29, 1.82) is 0 Å². The van der Waals surface area contributed by atoms with Crippen LogP contribution in [0.3, 0.4) is 0 Å². The van der Waals surface area contributed by atoms with Crippen molar-refractivity contribution in [1.82, 2.24) is 0 Å². The van der Waals surface area contributed by atoms with Crippen molar-refractivity contribution in [2.75, 3.05) is 11.9 Å². The number of carbonyl (C=O) groups excluding carboxylic acids is 1. The first-order valence-electron chi connectivity index (χ1n) is 8.65. The molecule has 0 radical (unpaired) electrons. The second-order valence-corrected chi connectivity index (χ2v) is 6.10. The van der Waals surface area contributed by atoms with E-state index in [9.17, 15) is 13.6 Å². The molecule has 144 valence electrons. The number of aryl methyl sites for hydroxylation is 1. The molecule has 0 heterocycles. The average Bonchev–Trinajstić information content (AvgIpc) is 2.69. The molecule has 0 spiro atoms. The van der Waals surface area contributed by atoms with Crippen LogP contribution in [0.1, 0.15) is 5.56 Å². The van der Waals surface area contributed by atoms with Gasteiger partial charge in [-0.1, -0.05) is 54.1 Å². The number of rotatable bonds is 7. The highest BCUT2D eigenvalue weighted by Gasteiger charge is 2.12. The van der Waals surface area contributed by atoms with E-state index >= 15 is 0 Å². The molecule has 3 aromatic carbocycles. The highest BCUT2D eigenvalue weighted by molar-refractivity contribution is 5.93. The van der Waals surface area contributed by atoms with Crippen molar-refractivity contribution in [2.45, 2.75) is 13.5 Å². The van der Waals surface area contributed by atoms with Gasteiger partial charge in [0.1, 0.15) is 11.5 Å². The van der Waals surface area contributed by atoms with E-state index in [0.717, 1.165) is 11.1 Å². The summed E-state index contributed by atoms with van der Waals surface area (Å²) in [7, 11) is 0. The summed E-state index contributed by atoms with van der Waals surface area (Å²) in [4.78, 5) is 12.1. The lowest BCUT2D eigenvalue weighted by Gasteiger charge is -2.12. The molecule has 0 saturated carbocycles. The Kier molecular flexibility index (Phi) is 6.22. The van der Waals surface area contributed by atoms with Crippen molar-refractivity contribution in [3.63, 3.8) is 0 Å². The molecule has 0 aliphatic rings. The Hall–Kier alpha value is -3.41. The van der Waals surface area contributed by atoms with E-state index in [1.54, 1.807) is 24.3 Å². The molecule has 3 aromatic rings. The molecule has 0 saturated heterocycles. The number of hydrogen-bond donors (Lipinski definition) is 1. The second kappa shape index (κ2) is 8.99. The highest BCUT2D eigenvalue weighted by atomic mass is 19.3. The Bertz CT molecular complexity index is 925. The zero-order valence-electron chi connectivity index (χ0n) is 15.2. The third-order valence-electron chi connectivity index (χ3n) is 3.99. The van der Waals surface area contributed by atoms with Gasteiger partial charge in [-0.2, -0.15) is 8.78 Å². The maximum atomic E-state index is 12.4. The zero-order chi connectivity index (χ0) is 19.9. The third-order valence-corrected chi connectivity index (χ3v) is 3.99. The fraction of sp³-hybridized carbons (Fsp3) is 0.136. The quantitative estimate of drug-likeness (QED) is 0.604. The predicted octanol–water partition coefficient (Wildman–Crippen LogP) is 5.28. The Balaban J connectivity index is 1.57. The van der Waals surface area contributed by atoms with Crippen LogP contribution in [0.4, 0.5) is 14.5 Å². The molecular weight excluding hydrogens is 364 g/mol. The Morgan fingerprint density at radius 2 is 1.54 bits per heavy atom. The number of amides is 1. The minimum Gasteiger partial charge on any atom is -0.484 e. The average molecular weight is 383 g/mol. The SMILES string of the molecule is Cc1ccc(-c2ccc(OCC(=O)Nc3ccccc3OC(F)F)cc2)cc1. The Labute approximate surface area is 161 Å². The number of anilines is 1. The first-order valence-corrected chi connectivity index (χ1v) is 8.65. The van der Waals surface area contributed by atoms with Gasteiger partial charge in [0.05, 0.1) is 5.69 Å². The highest BCUT2D eigenvalue weighted by Crippen LogP contribution is 2.26. The number of para-hydroxylation sites is 2. The normalized spacial score (nSPS) is 10.6. The van der Waals surface area contributed by atoms with Gasteiger partial charge in [-0.3, -0.25) is 4.79 Å². The topological polar surface area (TPSA) is 47.6 Å². The summed E-state index contributed by atoms with van der Waals surface area (Å²) < 4.78 is 34.7. The monoisotopic (exact) mass is 383 g/mol. The van der Waals surface area contributed by atoms with Gasteiger partial charge in [-0.15, -0.1) is 0 Å². The molecule has 0 bridgehead atoms. The summed E-state index contributed by atoms with van der Waals surface area (Å²) in [6, 6.07) is 21.5. The van der Waals surface area contributed by atoms with Crippen LogP contribution in [0, 0.1) is 6.92 Å². The summed E-state index contributed by atoms with van der Waals surface area (Å²) in [6.45, 7) is -1.20. The van der Waals surface area contributed by atoms with E-state index in [1.807, 2.05) is 43.3 Å². The van der Waals surface area contributed by atoms with E-state index < -0.39 is 12.5 Å². The Morgan fingerprint density at radius 3 is 2.18 bits per heavy atom. The maximum absolute atomic E-state index is 12.4. The summed E-state index contributed by atoms with van der Waals surface area (Å²) in [5.74, 6) is -0.0515. The molecule has 0 atom stereocenters. The number of halogens is 2. The molecule has 0 aliphatic carbocycles. The number of ether oxygens (including phenoxy) is 2. The first-order chi connectivity index (χ1) is 13.5. The predicted molar refractivity (Wildman–Crippen MR) is 104 cm³/mol. The molecule has 1 amide bonds. The molecule has 0 aromatic heterocycles. The van der Waals surface area contributed by atoms with Crippen LogP contribution < -0.4 is 14.8 Å². The first kappa shape index (κ1) is 19.4. The molecule has 6 heteroatoms. The second-order valence-electron chi connectivity index (χ2n) is 6.10. The molecule has 0 unspecified atom stereocenters. The molecule has 4 nitrogen and oxygen atoms in total. The number of hydrogen-bond acceptors (Lipinski definition) is 3. The lowest BCUT2D eigenvalue weighted by Crippen LogP contribution is -2.20. The van der Waals surface area contributed by atoms with Crippen LogP contribution in [-0.2, 0) is 4.79 Å². The number of carbonyl (C=O) groups is 1. The molecule has 3 rings (SSSR count). The van der Waals surface area contributed by atoms with Gasteiger partial charge in [0.15, 0.2) is 6.61 Å². The van der Waals surface area contributed by atoms with E-state index in [0.29, 0.717) is 5.75 Å². The number of nitrogens with one attached hydrogen (secondary N) is 1. The fourth-order valence-corrected chi connectivity index (χ4v) is 2.59.